The zero-order valence-corrected chi connectivity index (χ0v) is 12.2. The molecule has 1 rings (SSSR count). The number of hydrogen-bond donors (Lipinski definition) is 2. The number of carbonyl (C=O) groups excluding carboxylic acids is 2. The summed E-state index contributed by atoms with van der Waals surface area (Å²) in [7, 11) is 2.81. The van der Waals surface area contributed by atoms with Crippen LogP contribution in [0.1, 0.15) is 16.8 Å². The number of phenolic OH excluding ortho intramolecular Hbond substituents is 1. The second kappa shape index (κ2) is 8.11. The highest BCUT2D eigenvalue weighted by molar-refractivity contribution is 5.99. The Bertz CT molecular complexity index is 504. The highest BCUT2D eigenvalue weighted by atomic mass is 16.5. The van der Waals surface area contributed by atoms with Crippen molar-refractivity contribution in [1.29, 1.82) is 0 Å². The fourth-order valence-electron chi connectivity index (χ4n) is 1.74. The van der Waals surface area contributed by atoms with Gasteiger partial charge in [0.25, 0.3) is 5.91 Å². The summed E-state index contributed by atoms with van der Waals surface area (Å²) >= 11 is 0. The van der Waals surface area contributed by atoms with Crippen molar-refractivity contribution in [1.82, 2.24) is 4.90 Å². The van der Waals surface area contributed by atoms with Crippen molar-refractivity contribution in [2.24, 2.45) is 0 Å². The molecule has 0 aliphatic rings. The summed E-state index contributed by atoms with van der Waals surface area (Å²) in [5.41, 5.74) is 6.21. The Morgan fingerprint density at radius 1 is 1.29 bits per heavy atom. The Balaban J connectivity index is 2.87. The van der Waals surface area contributed by atoms with E-state index in [1.165, 1.54) is 37.3 Å². The molecule has 7 nitrogen and oxygen atoms in total. The molecule has 0 saturated heterocycles. The Morgan fingerprint density at radius 2 is 2.00 bits per heavy atom. The Hall–Kier alpha value is -2.28. The van der Waals surface area contributed by atoms with E-state index in [4.69, 9.17) is 10.5 Å². The molecule has 0 aliphatic heterocycles. The average molecular weight is 296 g/mol. The number of amides is 1. The second-order valence-electron chi connectivity index (χ2n) is 4.38. The molecule has 0 heterocycles. The van der Waals surface area contributed by atoms with Gasteiger partial charge in [0.15, 0.2) is 0 Å². The van der Waals surface area contributed by atoms with Crippen molar-refractivity contribution in [2.45, 2.75) is 6.42 Å². The Morgan fingerprint density at radius 3 is 2.62 bits per heavy atom. The highest BCUT2D eigenvalue weighted by Gasteiger charge is 2.19. The van der Waals surface area contributed by atoms with Gasteiger partial charge in [0.05, 0.1) is 25.7 Å². The number of phenols is 1. The molecule has 0 bridgehead atoms. The number of benzene rings is 1. The van der Waals surface area contributed by atoms with Crippen LogP contribution in [0.15, 0.2) is 18.2 Å². The molecule has 1 aromatic carbocycles. The van der Waals surface area contributed by atoms with Crippen molar-refractivity contribution in [3.05, 3.63) is 23.8 Å². The van der Waals surface area contributed by atoms with Gasteiger partial charge in [-0.2, -0.15) is 0 Å². The third kappa shape index (κ3) is 4.96. The van der Waals surface area contributed by atoms with Crippen LogP contribution in [0.3, 0.4) is 0 Å². The lowest BCUT2D eigenvalue weighted by molar-refractivity contribution is -0.140. The van der Waals surface area contributed by atoms with E-state index in [2.05, 4.69) is 4.74 Å². The van der Waals surface area contributed by atoms with E-state index < -0.39 is 5.97 Å². The average Bonchev–Trinajstić information content (AvgIpc) is 2.48. The number of nitrogens with zero attached hydrogens (tertiary/aromatic N) is 1. The van der Waals surface area contributed by atoms with Crippen molar-refractivity contribution in [2.75, 3.05) is 39.6 Å². The van der Waals surface area contributed by atoms with Crippen LogP contribution in [0.4, 0.5) is 5.69 Å². The molecule has 3 N–H and O–H groups in total. The van der Waals surface area contributed by atoms with Crippen molar-refractivity contribution in [3.8, 4) is 5.75 Å². The van der Waals surface area contributed by atoms with Crippen LogP contribution < -0.4 is 5.73 Å². The maximum Gasteiger partial charge on any atom is 0.307 e. The molecular formula is C14H20N2O5. The molecule has 0 saturated carbocycles. The predicted octanol–water partition coefficient (Wildman–Crippen LogP) is 0.626. The zero-order valence-electron chi connectivity index (χ0n) is 12.2. The van der Waals surface area contributed by atoms with Crippen LogP contribution in [0.5, 0.6) is 5.75 Å². The van der Waals surface area contributed by atoms with Gasteiger partial charge in [0.2, 0.25) is 0 Å². The van der Waals surface area contributed by atoms with Crippen LogP contribution in [0.25, 0.3) is 0 Å². The van der Waals surface area contributed by atoms with Crippen LogP contribution in [0, 0.1) is 0 Å². The second-order valence-corrected chi connectivity index (χ2v) is 4.38. The first-order valence-corrected chi connectivity index (χ1v) is 6.43. The van der Waals surface area contributed by atoms with E-state index in [-0.39, 0.29) is 35.9 Å². The molecule has 1 aromatic rings. The van der Waals surface area contributed by atoms with Crippen LogP contribution in [-0.2, 0) is 14.3 Å². The predicted molar refractivity (Wildman–Crippen MR) is 76.9 cm³/mol. The van der Waals surface area contributed by atoms with Crippen molar-refractivity contribution < 1.29 is 24.2 Å². The van der Waals surface area contributed by atoms with Gasteiger partial charge in [0, 0.05) is 25.9 Å². The molecule has 0 aromatic heterocycles. The standard InChI is InChI=1S/C14H20N2O5/c1-20-8-7-16(6-5-13(18)21-2)14(19)11-9-10(17)3-4-12(11)15/h3-4,9,17H,5-8,15H2,1-2H3. The first kappa shape index (κ1) is 16.8. The van der Waals surface area contributed by atoms with E-state index in [0.717, 1.165) is 0 Å². The zero-order chi connectivity index (χ0) is 15.8. The van der Waals surface area contributed by atoms with Gasteiger partial charge in [-0.25, -0.2) is 0 Å². The quantitative estimate of drug-likeness (QED) is 0.434. The first-order chi connectivity index (χ1) is 9.99. The normalized spacial score (nSPS) is 10.2. The molecule has 116 valence electrons. The van der Waals surface area contributed by atoms with Gasteiger partial charge in [0.1, 0.15) is 5.75 Å². The van der Waals surface area contributed by atoms with Crippen molar-refractivity contribution >= 4 is 17.6 Å². The number of methoxy groups -OCH3 is 2. The molecule has 0 spiro atoms. The molecule has 21 heavy (non-hydrogen) atoms. The molecule has 0 fully saturated rings. The monoisotopic (exact) mass is 296 g/mol. The lowest BCUT2D eigenvalue weighted by atomic mass is 10.1. The maximum atomic E-state index is 12.5. The van der Waals surface area contributed by atoms with E-state index in [9.17, 15) is 14.7 Å². The molecular weight excluding hydrogens is 276 g/mol. The largest absolute Gasteiger partial charge is 0.508 e. The fraction of sp³-hybridized carbons (Fsp3) is 0.429. The van der Waals surface area contributed by atoms with Gasteiger partial charge in [-0.15, -0.1) is 0 Å². The summed E-state index contributed by atoms with van der Waals surface area (Å²) in [5.74, 6) is -0.828. The topological polar surface area (TPSA) is 102 Å². The van der Waals surface area contributed by atoms with Crippen molar-refractivity contribution in [3.63, 3.8) is 0 Å². The molecule has 7 heteroatoms. The van der Waals surface area contributed by atoms with Gasteiger partial charge in [-0.3, -0.25) is 9.59 Å². The molecule has 0 radical (unpaired) electrons. The number of carbonyl (C=O) groups is 2. The molecule has 0 aliphatic carbocycles. The summed E-state index contributed by atoms with van der Waals surface area (Å²) in [4.78, 5) is 25.1. The van der Waals surface area contributed by atoms with Crippen LogP contribution in [0.2, 0.25) is 0 Å². The minimum absolute atomic E-state index is 0.0489. The number of anilines is 1. The van der Waals surface area contributed by atoms with E-state index >= 15 is 0 Å². The molecule has 1 amide bonds. The maximum absolute atomic E-state index is 12.5. The third-order valence-corrected chi connectivity index (χ3v) is 2.93. The van der Waals surface area contributed by atoms with Gasteiger partial charge in [-0.1, -0.05) is 0 Å². The SMILES string of the molecule is COCCN(CCC(=O)OC)C(=O)c1cc(O)ccc1N. The minimum atomic E-state index is -0.408. The lowest BCUT2D eigenvalue weighted by Crippen LogP contribution is -2.36. The summed E-state index contributed by atoms with van der Waals surface area (Å²) in [6, 6.07) is 4.16. The smallest absolute Gasteiger partial charge is 0.307 e. The summed E-state index contributed by atoms with van der Waals surface area (Å²) < 4.78 is 9.52. The van der Waals surface area contributed by atoms with E-state index in [1.54, 1.807) is 0 Å². The number of aromatic hydroxyl groups is 1. The third-order valence-electron chi connectivity index (χ3n) is 2.93. The first-order valence-electron chi connectivity index (χ1n) is 6.43. The van der Waals surface area contributed by atoms with Gasteiger partial charge in [-0.05, 0) is 18.2 Å². The fourth-order valence-corrected chi connectivity index (χ4v) is 1.74. The Labute approximate surface area is 123 Å². The lowest BCUT2D eigenvalue weighted by Gasteiger charge is -2.22. The number of nitrogens with two attached hydrogens (primary N) is 1. The summed E-state index contributed by atoms with van der Waals surface area (Å²) in [6.07, 6.45) is 0.0741. The minimum Gasteiger partial charge on any atom is -0.508 e. The van der Waals surface area contributed by atoms with Gasteiger partial charge >= 0.3 is 5.97 Å². The Kier molecular flexibility index (Phi) is 6.48. The highest BCUT2D eigenvalue weighted by Crippen LogP contribution is 2.20. The number of nitrogen functional groups attached to an aromatic ring is 1. The van der Waals surface area contributed by atoms with E-state index in [0.29, 0.717) is 13.2 Å². The number of ether oxygens (including phenoxy) is 2. The summed E-state index contributed by atoms with van der Waals surface area (Å²) in [5, 5.41) is 9.48. The molecule has 0 atom stereocenters. The molecule has 0 unspecified atom stereocenters. The van der Waals surface area contributed by atoms with Gasteiger partial charge < -0.3 is 25.2 Å². The number of rotatable bonds is 7. The van der Waals surface area contributed by atoms with Crippen LogP contribution in [-0.4, -0.2) is 55.8 Å². The number of esters is 1. The summed E-state index contributed by atoms with van der Waals surface area (Å²) in [6.45, 7) is 0.816. The van der Waals surface area contributed by atoms with Crippen LogP contribution >= 0.6 is 0 Å². The van der Waals surface area contributed by atoms with E-state index in [1.807, 2.05) is 0 Å². The number of hydrogen-bond acceptors (Lipinski definition) is 6.